The second-order valence-corrected chi connectivity index (χ2v) is 4.99. The quantitative estimate of drug-likeness (QED) is 0.599. The van der Waals surface area contributed by atoms with Crippen molar-refractivity contribution in [1.82, 2.24) is 21.5 Å². The van der Waals surface area contributed by atoms with Crippen molar-refractivity contribution in [2.75, 3.05) is 19.6 Å². The molecule has 1 fully saturated rings. The van der Waals surface area contributed by atoms with Gasteiger partial charge in [0.15, 0.2) is 0 Å². The molecular weight excluding hydrogens is 294 g/mol. The Morgan fingerprint density at radius 3 is 2.77 bits per heavy atom. The summed E-state index contributed by atoms with van der Waals surface area (Å²) in [7, 11) is 0. The van der Waals surface area contributed by atoms with Crippen LogP contribution < -0.4 is 21.5 Å². The zero-order chi connectivity index (χ0) is 15.9. The van der Waals surface area contributed by atoms with Gasteiger partial charge in [0, 0.05) is 38.2 Å². The van der Waals surface area contributed by atoms with Gasteiger partial charge in [-0.05, 0) is 18.6 Å². The van der Waals surface area contributed by atoms with E-state index in [9.17, 15) is 18.4 Å². The average Bonchev–Trinajstić information content (AvgIpc) is 2.98. The SMILES string of the molecule is O=C(CCNC(=O)c1ccc(F)cc1F)NCC1CCNN1. The third-order valence-electron chi connectivity index (χ3n) is 3.28. The smallest absolute Gasteiger partial charge is 0.254 e. The number of nitrogens with one attached hydrogen (secondary N) is 4. The predicted molar refractivity (Wildman–Crippen MR) is 75.9 cm³/mol. The number of carbonyl (C=O) groups is 2. The summed E-state index contributed by atoms with van der Waals surface area (Å²) in [6, 6.07) is 2.92. The number of halogens is 2. The standard InChI is InChI=1S/C14H18F2N4O2/c15-9-1-2-11(12(16)7-9)14(22)17-5-4-13(21)18-8-10-3-6-19-20-10/h1-2,7,10,19-20H,3-6,8H2,(H,17,22)(H,18,21). The predicted octanol–water partition coefficient (Wildman–Crippen LogP) is 0.0674. The van der Waals surface area contributed by atoms with E-state index in [1.54, 1.807) is 0 Å². The minimum atomic E-state index is -0.929. The maximum absolute atomic E-state index is 13.4. The van der Waals surface area contributed by atoms with Gasteiger partial charge in [0.2, 0.25) is 5.91 Å². The molecular formula is C14H18F2N4O2. The van der Waals surface area contributed by atoms with E-state index in [2.05, 4.69) is 21.5 Å². The number of amides is 2. The van der Waals surface area contributed by atoms with E-state index >= 15 is 0 Å². The Morgan fingerprint density at radius 2 is 2.09 bits per heavy atom. The van der Waals surface area contributed by atoms with Crippen LogP contribution in [0.5, 0.6) is 0 Å². The molecule has 0 radical (unpaired) electrons. The second kappa shape index (κ2) is 7.81. The van der Waals surface area contributed by atoms with Gasteiger partial charge in [-0.3, -0.25) is 20.4 Å². The normalized spacial score (nSPS) is 17.3. The van der Waals surface area contributed by atoms with Crippen LogP contribution in [0.3, 0.4) is 0 Å². The van der Waals surface area contributed by atoms with E-state index in [-0.39, 0.29) is 30.5 Å². The van der Waals surface area contributed by atoms with Crippen molar-refractivity contribution >= 4 is 11.8 Å². The molecule has 4 N–H and O–H groups in total. The highest BCUT2D eigenvalue weighted by Gasteiger charge is 2.15. The van der Waals surface area contributed by atoms with Gasteiger partial charge in [0.1, 0.15) is 11.6 Å². The topological polar surface area (TPSA) is 82.3 Å². The van der Waals surface area contributed by atoms with Crippen LogP contribution in [0.15, 0.2) is 18.2 Å². The van der Waals surface area contributed by atoms with Gasteiger partial charge in [-0.1, -0.05) is 0 Å². The highest BCUT2D eigenvalue weighted by atomic mass is 19.1. The molecule has 8 heteroatoms. The maximum atomic E-state index is 13.4. The van der Waals surface area contributed by atoms with Gasteiger partial charge < -0.3 is 10.6 Å². The summed E-state index contributed by atoms with van der Waals surface area (Å²) in [4.78, 5) is 23.3. The second-order valence-electron chi connectivity index (χ2n) is 4.99. The molecule has 0 saturated carbocycles. The number of hydrazine groups is 1. The molecule has 22 heavy (non-hydrogen) atoms. The van der Waals surface area contributed by atoms with Gasteiger partial charge in [-0.15, -0.1) is 0 Å². The summed E-state index contributed by atoms with van der Waals surface area (Å²) in [6.07, 6.45) is 1.02. The van der Waals surface area contributed by atoms with Crippen molar-refractivity contribution in [3.05, 3.63) is 35.4 Å². The number of hydrogen-bond acceptors (Lipinski definition) is 4. The first-order valence-corrected chi connectivity index (χ1v) is 7.04. The maximum Gasteiger partial charge on any atom is 0.254 e. The fourth-order valence-electron chi connectivity index (χ4n) is 2.07. The molecule has 1 aromatic rings. The molecule has 0 bridgehead atoms. The van der Waals surface area contributed by atoms with Crippen LogP contribution in [0.25, 0.3) is 0 Å². The lowest BCUT2D eigenvalue weighted by Gasteiger charge is -2.11. The molecule has 120 valence electrons. The minimum absolute atomic E-state index is 0.0812. The molecule has 1 unspecified atom stereocenters. The summed E-state index contributed by atoms with van der Waals surface area (Å²) in [5, 5.41) is 5.17. The van der Waals surface area contributed by atoms with Crippen molar-refractivity contribution in [2.24, 2.45) is 0 Å². The highest BCUT2D eigenvalue weighted by Crippen LogP contribution is 2.09. The molecule has 0 aliphatic carbocycles. The molecule has 1 atom stereocenters. The highest BCUT2D eigenvalue weighted by molar-refractivity contribution is 5.94. The summed E-state index contributed by atoms with van der Waals surface area (Å²) in [5.74, 6) is -2.55. The van der Waals surface area contributed by atoms with Crippen molar-refractivity contribution < 1.29 is 18.4 Å². The summed E-state index contributed by atoms with van der Waals surface area (Å²) in [6.45, 7) is 1.45. The lowest BCUT2D eigenvalue weighted by atomic mass is 10.2. The van der Waals surface area contributed by atoms with Crippen LogP contribution in [0.2, 0.25) is 0 Å². The summed E-state index contributed by atoms with van der Waals surface area (Å²) < 4.78 is 26.1. The third-order valence-corrected chi connectivity index (χ3v) is 3.28. The first-order valence-electron chi connectivity index (χ1n) is 7.04. The largest absolute Gasteiger partial charge is 0.354 e. The lowest BCUT2D eigenvalue weighted by Crippen LogP contribution is -2.40. The lowest BCUT2D eigenvalue weighted by molar-refractivity contribution is -0.121. The fraction of sp³-hybridized carbons (Fsp3) is 0.429. The van der Waals surface area contributed by atoms with E-state index in [0.717, 1.165) is 25.1 Å². The molecule has 2 rings (SSSR count). The van der Waals surface area contributed by atoms with E-state index < -0.39 is 17.5 Å². The molecule has 1 saturated heterocycles. The van der Waals surface area contributed by atoms with Crippen molar-refractivity contribution in [1.29, 1.82) is 0 Å². The third kappa shape index (κ3) is 4.74. The van der Waals surface area contributed by atoms with Gasteiger partial charge in [0.05, 0.1) is 5.56 Å². The average molecular weight is 312 g/mol. The van der Waals surface area contributed by atoms with Gasteiger partial charge in [-0.25, -0.2) is 8.78 Å². The molecule has 1 aliphatic heterocycles. The van der Waals surface area contributed by atoms with Crippen molar-refractivity contribution in [3.8, 4) is 0 Å². The van der Waals surface area contributed by atoms with Crippen LogP contribution in [0.1, 0.15) is 23.2 Å². The Labute approximate surface area is 126 Å². The Balaban J connectivity index is 1.68. The molecule has 0 aromatic heterocycles. The van der Waals surface area contributed by atoms with Crippen LogP contribution in [-0.4, -0.2) is 37.5 Å². The zero-order valence-electron chi connectivity index (χ0n) is 11.9. The van der Waals surface area contributed by atoms with Gasteiger partial charge in [-0.2, -0.15) is 0 Å². The molecule has 0 spiro atoms. The van der Waals surface area contributed by atoms with E-state index in [4.69, 9.17) is 0 Å². The van der Waals surface area contributed by atoms with Gasteiger partial charge in [0.25, 0.3) is 5.91 Å². The Kier molecular flexibility index (Phi) is 5.79. The van der Waals surface area contributed by atoms with Crippen molar-refractivity contribution in [3.63, 3.8) is 0 Å². The number of rotatable bonds is 6. The number of benzene rings is 1. The molecule has 2 amide bonds. The van der Waals surface area contributed by atoms with Crippen LogP contribution in [-0.2, 0) is 4.79 Å². The minimum Gasteiger partial charge on any atom is -0.354 e. The molecule has 1 heterocycles. The Morgan fingerprint density at radius 1 is 1.27 bits per heavy atom. The molecule has 6 nitrogen and oxygen atoms in total. The van der Waals surface area contributed by atoms with Crippen LogP contribution in [0, 0.1) is 11.6 Å². The first-order chi connectivity index (χ1) is 10.6. The fourth-order valence-corrected chi connectivity index (χ4v) is 2.07. The Bertz CT molecular complexity index is 548. The number of hydrogen-bond donors (Lipinski definition) is 4. The van der Waals surface area contributed by atoms with E-state index in [1.807, 2.05) is 0 Å². The van der Waals surface area contributed by atoms with Gasteiger partial charge >= 0.3 is 0 Å². The first kappa shape index (κ1) is 16.3. The zero-order valence-corrected chi connectivity index (χ0v) is 11.9. The van der Waals surface area contributed by atoms with Crippen LogP contribution >= 0.6 is 0 Å². The Hall–Kier alpha value is -2.06. The van der Waals surface area contributed by atoms with E-state index in [0.29, 0.717) is 12.6 Å². The van der Waals surface area contributed by atoms with Crippen molar-refractivity contribution in [2.45, 2.75) is 18.9 Å². The summed E-state index contributed by atoms with van der Waals surface area (Å²) in [5.41, 5.74) is 5.73. The monoisotopic (exact) mass is 312 g/mol. The van der Waals surface area contributed by atoms with E-state index in [1.165, 1.54) is 0 Å². The summed E-state index contributed by atoms with van der Waals surface area (Å²) >= 11 is 0. The molecule has 1 aromatic carbocycles. The molecule has 1 aliphatic rings. The number of carbonyl (C=O) groups excluding carboxylic acids is 2. The van der Waals surface area contributed by atoms with Crippen LogP contribution in [0.4, 0.5) is 8.78 Å².